The van der Waals surface area contributed by atoms with Crippen LogP contribution in [0.25, 0.3) is 0 Å². The van der Waals surface area contributed by atoms with Crippen molar-refractivity contribution in [3.63, 3.8) is 0 Å². The molecule has 1 saturated heterocycles. The third kappa shape index (κ3) is 4.75. The quantitative estimate of drug-likeness (QED) is 0.858. The first-order valence-electron chi connectivity index (χ1n) is 7.93. The van der Waals surface area contributed by atoms with Crippen LogP contribution < -0.4 is 5.32 Å². The van der Waals surface area contributed by atoms with Gasteiger partial charge in [0.15, 0.2) is 0 Å². The molecule has 23 heavy (non-hydrogen) atoms. The van der Waals surface area contributed by atoms with Crippen molar-refractivity contribution >= 4 is 15.9 Å². The van der Waals surface area contributed by atoms with E-state index in [0.717, 1.165) is 0 Å². The van der Waals surface area contributed by atoms with Crippen LogP contribution in [0.1, 0.15) is 31.7 Å². The second-order valence-electron chi connectivity index (χ2n) is 5.80. The normalized spacial score (nSPS) is 17.1. The van der Waals surface area contributed by atoms with Gasteiger partial charge in [0, 0.05) is 31.1 Å². The summed E-state index contributed by atoms with van der Waals surface area (Å²) in [7, 11) is -3.19. The standard InChI is InChI=1S/C16H23FN2O3S/c1-2-11-23(21,22)19-9-7-13(8-10-19)16(20)18-12-14-5-3-4-6-15(14)17/h3-6,13H,2,7-12H2,1H3,(H,18,20). The van der Waals surface area contributed by atoms with Crippen LogP contribution in [-0.4, -0.2) is 37.5 Å². The maximum absolute atomic E-state index is 13.5. The minimum Gasteiger partial charge on any atom is -0.352 e. The summed E-state index contributed by atoms with van der Waals surface area (Å²) < 4.78 is 39.0. The molecule has 0 bridgehead atoms. The molecule has 1 aliphatic rings. The fourth-order valence-corrected chi connectivity index (χ4v) is 4.29. The van der Waals surface area contributed by atoms with Gasteiger partial charge < -0.3 is 5.32 Å². The molecule has 0 unspecified atom stereocenters. The van der Waals surface area contributed by atoms with Gasteiger partial charge in [0.25, 0.3) is 0 Å². The van der Waals surface area contributed by atoms with Gasteiger partial charge >= 0.3 is 0 Å². The van der Waals surface area contributed by atoms with E-state index < -0.39 is 10.0 Å². The van der Waals surface area contributed by atoms with Gasteiger partial charge in [-0.2, -0.15) is 0 Å². The summed E-state index contributed by atoms with van der Waals surface area (Å²) in [4.78, 5) is 12.2. The smallest absolute Gasteiger partial charge is 0.223 e. The first-order valence-corrected chi connectivity index (χ1v) is 9.54. The number of amides is 1. The Labute approximate surface area is 136 Å². The highest BCUT2D eigenvalue weighted by Gasteiger charge is 2.30. The monoisotopic (exact) mass is 342 g/mol. The van der Waals surface area contributed by atoms with Crippen LogP contribution in [0.4, 0.5) is 4.39 Å². The zero-order valence-corrected chi connectivity index (χ0v) is 14.1. The Hall–Kier alpha value is -1.47. The minimum absolute atomic E-state index is 0.138. The Bertz CT molecular complexity index is 640. The van der Waals surface area contributed by atoms with E-state index >= 15 is 0 Å². The Kier molecular flexibility index (Phi) is 6.12. The molecule has 0 atom stereocenters. The van der Waals surface area contributed by atoms with E-state index in [1.54, 1.807) is 18.2 Å². The fourth-order valence-electron chi connectivity index (χ4n) is 2.75. The number of hydrogen-bond donors (Lipinski definition) is 1. The van der Waals surface area contributed by atoms with E-state index in [-0.39, 0.29) is 29.9 Å². The minimum atomic E-state index is -3.19. The molecule has 0 aromatic heterocycles. The fraction of sp³-hybridized carbons (Fsp3) is 0.562. The maximum atomic E-state index is 13.5. The number of halogens is 1. The number of carbonyl (C=O) groups excluding carboxylic acids is 1. The molecule has 5 nitrogen and oxygen atoms in total. The Morgan fingerprint density at radius 1 is 1.30 bits per heavy atom. The van der Waals surface area contributed by atoms with Gasteiger partial charge in [-0.15, -0.1) is 0 Å². The third-order valence-corrected chi connectivity index (χ3v) is 6.17. The molecule has 2 rings (SSSR count). The average molecular weight is 342 g/mol. The first-order chi connectivity index (χ1) is 10.9. The molecule has 1 heterocycles. The van der Waals surface area contributed by atoms with Crippen LogP contribution in [0.2, 0.25) is 0 Å². The van der Waals surface area contributed by atoms with E-state index in [1.807, 2.05) is 6.92 Å². The summed E-state index contributed by atoms with van der Waals surface area (Å²) in [6.45, 7) is 2.74. The second kappa shape index (κ2) is 7.88. The van der Waals surface area contributed by atoms with E-state index in [9.17, 15) is 17.6 Å². The lowest BCUT2D eigenvalue weighted by atomic mass is 9.97. The second-order valence-corrected chi connectivity index (χ2v) is 7.89. The number of rotatable bonds is 6. The van der Waals surface area contributed by atoms with Gasteiger partial charge in [-0.25, -0.2) is 17.1 Å². The van der Waals surface area contributed by atoms with Crippen molar-refractivity contribution in [3.8, 4) is 0 Å². The van der Waals surface area contributed by atoms with Crippen molar-refractivity contribution in [3.05, 3.63) is 35.6 Å². The van der Waals surface area contributed by atoms with E-state index in [4.69, 9.17) is 0 Å². The molecule has 0 aliphatic carbocycles. The number of nitrogens with zero attached hydrogens (tertiary/aromatic N) is 1. The van der Waals surface area contributed by atoms with E-state index in [2.05, 4.69) is 5.32 Å². The number of piperidine rings is 1. The molecular formula is C16H23FN2O3S. The molecule has 1 aromatic rings. The highest BCUT2D eigenvalue weighted by atomic mass is 32.2. The molecule has 1 N–H and O–H groups in total. The summed E-state index contributed by atoms with van der Waals surface area (Å²) >= 11 is 0. The molecule has 0 radical (unpaired) electrons. The predicted molar refractivity (Wildman–Crippen MR) is 86.6 cm³/mol. The molecule has 0 spiro atoms. The summed E-state index contributed by atoms with van der Waals surface area (Å²) in [6.07, 6.45) is 1.60. The molecule has 1 aromatic carbocycles. The van der Waals surface area contributed by atoms with Gasteiger partial charge in [0.2, 0.25) is 15.9 Å². The van der Waals surface area contributed by atoms with Gasteiger partial charge in [-0.1, -0.05) is 25.1 Å². The van der Waals surface area contributed by atoms with Crippen molar-refractivity contribution < 1.29 is 17.6 Å². The molecule has 128 valence electrons. The Morgan fingerprint density at radius 2 is 1.96 bits per heavy atom. The molecule has 1 fully saturated rings. The van der Waals surface area contributed by atoms with Crippen molar-refractivity contribution in [2.24, 2.45) is 5.92 Å². The largest absolute Gasteiger partial charge is 0.352 e. The zero-order chi connectivity index (χ0) is 16.9. The summed E-state index contributed by atoms with van der Waals surface area (Å²) in [5.41, 5.74) is 0.448. The van der Waals surface area contributed by atoms with Crippen molar-refractivity contribution in [2.45, 2.75) is 32.7 Å². The molecular weight excluding hydrogens is 319 g/mol. The molecule has 1 aliphatic heterocycles. The highest BCUT2D eigenvalue weighted by molar-refractivity contribution is 7.89. The zero-order valence-electron chi connectivity index (χ0n) is 13.3. The van der Waals surface area contributed by atoms with Gasteiger partial charge in [0.05, 0.1) is 5.75 Å². The Balaban J connectivity index is 1.83. The molecule has 1 amide bonds. The van der Waals surface area contributed by atoms with Crippen LogP contribution in [-0.2, 0) is 21.4 Å². The van der Waals surface area contributed by atoms with E-state index in [0.29, 0.717) is 37.9 Å². The Morgan fingerprint density at radius 3 is 2.57 bits per heavy atom. The van der Waals surface area contributed by atoms with E-state index in [1.165, 1.54) is 10.4 Å². The summed E-state index contributed by atoms with van der Waals surface area (Å²) in [6, 6.07) is 6.32. The highest BCUT2D eigenvalue weighted by Crippen LogP contribution is 2.20. The lowest BCUT2D eigenvalue weighted by molar-refractivity contribution is -0.126. The van der Waals surface area contributed by atoms with Gasteiger partial charge in [-0.3, -0.25) is 4.79 Å². The van der Waals surface area contributed by atoms with Crippen LogP contribution in [0.5, 0.6) is 0 Å². The van der Waals surface area contributed by atoms with Crippen LogP contribution >= 0.6 is 0 Å². The average Bonchev–Trinajstić information content (AvgIpc) is 2.54. The third-order valence-electron chi connectivity index (χ3n) is 4.09. The van der Waals surface area contributed by atoms with Crippen molar-refractivity contribution in [2.75, 3.05) is 18.8 Å². The number of hydrogen-bond acceptors (Lipinski definition) is 3. The number of benzene rings is 1. The number of sulfonamides is 1. The van der Waals surface area contributed by atoms with Crippen LogP contribution in [0, 0.1) is 11.7 Å². The van der Waals surface area contributed by atoms with Crippen LogP contribution in [0.15, 0.2) is 24.3 Å². The van der Waals surface area contributed by atoms with Crippen molar-refractivity contribution in [1.82, 2.24) is 9.62 Å². The lowest BCUT2D eigenvalue weighted by Gasteiger charge is -2.30. The van der Waals surface area contributed by atoms with Gasteiger partial charge in [0.1, 0.15) is 5.82 Å². The predicted octanol–water partition coefficient (Wildman–Crippen LogP) is 1.89. The summed E-state index contributed by atoms with van der Waals surface area (Å²) in [5.74, 6) is -0.541. The molecule has 7 heteroatoms. The topological polar surface area (TPSA) is 66.5 Å². The summed E-state index contributed by atoms with van der Waals surface area (Å²) in [5, 5.41) is 2.74. The van der Waals surface area contributed by atoms with Crippen molar-refractivity contribution in [1.29, 1.82) is 0 Å². The van der Waals surface area contributed by atoms with Gasteiger partial charge in [-0.05, 0) is 25.3 Å². The molecule has 0 saturated carbocycles. The first kappa shape index (κ1) is 17.9. The maximum Gasteiger partial charge on any atom is 0.223 e. The SMILES string of the molecule is CCCS(=O)(=O)N1CCC(C(=O)NCc2ccccc2F)CC1. The lowest BCUT2D eigenvalue weighted by Crippen LogP contribution is -2.43. The van der Waals surface area contributed by atoms with Crippen LogP contribution in [0.3, 0.4) is 0 Å². The number of nitrogens with one attached hydrogen (secondary N) is 1. The number of carbonyl (C=O) groups is 1.